The second kappa shape index (κ2) is 5.98. The summed E-state index contributed by atoms with van der Waals surface area (Å²) in [4.78, 5) is 0. The molecule has 5 nitrogen and oxygen atoms in total. The van der Waals surface area contributed by atoms with E-state index in [0.29, 0.717) is 0 Å². The van der Waals surface area contributed by atoms with Gasteiger partial charge in [-0.15, -0.1) is 7.77 Å². The topological polar surface area (TPSA) is 77.5 Å². The molecule has 0 aromatic heterocycles. The number of hydrogen-bond donors (Lipinski definition) is 0. The van der Waals surface area contributed by atoms with Crippen LogP contribution in [0.4, 0.5) is 34.1 Å². The minimum atomic E-state index is -6.08. The third-order valence-corrected chi connectivity index (χ3v) is 4.01. The molecule has 0 saturated heterocycles. The van der Waals surface area contributed by atoms with E-state index >= 15 is 0 Å². The fourth-order valence-corrected chi connectivity index (χ4v) is 2.68. The average molecular weight is 402 g/mol. The van der Waals surface area contributed by atoms with Crippen molar-refractivity contribution in [3.8, 4) is 0 Å². The average Bonchev–Trinajstić information content (AvgIpc) is 2.05. The van der Waals surface area contributed by atoms with Gasteiger partial charge in [-0.2, -0.15) is 25.6 Å². The first kappa shape index (κ1) is 22.3. The molecule has 0 aromatic rings. The lowest BCUT2D eigenvalue weighted by Crippen LogP contribution is -2.59. The van der Waals surface area contributed by atoms with Crippen LogP contribution < -0.4 is 0 Å². The van der Waals surface area contributed by atoms with Crippen molar-refractivity contribution >= 4 is 20.4 Å². The van der Waals surface area contributed by atoms with E-state index in [1.807, 2.05) is 0 Å². The number of hydrogen-bond acceptors (Lipinski definition) is 5. The number of alkyl halides is 6. The summed E-state index contributed by atoms with van der Waals surface area (Å²) < 4.78 is 149. The molecule has 0 amide bonds. The van der Waals surface area contributed by atoms with Crippen molar-refractivity contribution in [2.45, 2.75) is 37.4 Å². The fourth-order valence-electron chi connectivity index (χ4n) is 1.20. The quantitative estimate of drug-likeness (QED) is 0.460. The molecule has 140 valence electrons. The van der Waals surface area contributed by atoms with Crippen LogP contribution in [0, 0.1) is 0 Å². The summed E-state index contributed by atoms with van der Waals surface area (Å²) in [5, 5.41) is 0. The van der Waals surface area contributed by atoms with Gasteiger partial charge in [0.05, 0.1) is 0 Å². The fraction of sp³-hybridized carbons (Fsp3) is 1.00. The van der Waals surface area contributed by atoms with Crippen molar-refractivity contribution in [3.05, 3.63) is 0 Å². The van der Waals surface area contributed by atoms with Crippen LogP contribution in [0.1, 0.15) is 13.8 Å². The maximum atomic E-state index is 13.8. The highest BCUT2D eigenvalue weighted by atomic mass is 32.3. The Kier molecular flexibility index (Phi) is 5.80. The van der Waals surface area contributed by atoms with Gasteiger partial charge in [0.1, 0.15) is 11.5 Å². The summed E-state index contributed by atoms with van der Waals surface area (Å²) in [7, 11) is -12.2. The summed E-state index contributed by atoms with van der Waals surface area (Å²) in [6.07, 6.45) is -5.85. The Hall–Kier alpha value is -0.700. The first-order valence-corrected chi connectivity index (χ1v) is 8.41. The van der Waals surface area contributed by atoms with Crippen LogP contribution >= 0.6 is 0 Å². The summed E-state index contributed by atoms with van der Waals surface area (Å²) >= 11 is 0. The van der Waals surface area contributed by atoms with Crippen LogP contribution in [0.25, 0.3) is 0 Å². The van der Waals surface area contributed by atoms with E-state index in [1.54, 1.807) is 0 Å². The molecule has 0 N–H and O–H groups in total. The minimum absolute atomic E-state index is 0.373. The predicted octanol–water partition coefficient (Wildman–Crippen LogP) is 2.24. The predicted molar refractivity (Wildman–Crippen MR) is 59.8 cm³/mol. The van der Waals surface area contributed by atoms with Gasteiger partial charge in [-0.3, -0.25) is 4.74 Å². The second-order valence-electron chi connectivity index (χ2n) is 4.76. The molecule has 0 bridgehead atoms. The monoisotopic (exact) mass is 402 g/mol. The first-order chi connectivity index (χ1) is 9.62. The molecule has 1 unspecified atom stereocenters. The number of halogens is 8. The van der Waals surface area contributed by atoms with Crippen molar-refractivity contribution in [1.82, 2.24) is 0 Å². The van der Waals surface area contributed by atoms with E-state index in [2.05, 4.69) is 4.74 Å². The lowest BCUT2D eigenvalue weighted by Gasteiger charge is -2.37. The van der Waals surface area contributed by atoms with E-state index in [1.165, 1.54) is 0 Å². The molecular weight excluding hydrogens is 392 g/mol. The molecule has 0 rings (SSSR count). The molecule has 0 radical (unpaired) electrons. The van der Waals surface area contributed by atoms with Crippen LogP contribution in [0.5, 0.6) is 0 Å². The van der Waals surface area contributed by atoms with Gasteiger partial charge < -0.3 is 0 Å². The molecule has 0 aromatic carbocycles. The molecule has 0 saturated carbocycles. The first-order valence-electron chi connectivity index (χ1n) is 5.30. The lowest BCUT2D eigenvalue weighted by atomic mass is 10.00. The van der Waals surface area contributed by atoms with E-state index in [9.17, 15) is 50.9 Å². The van der Waals surface area contributed by atoms with Crippen LogP contribution in [0.3, 0.4) is 0 Å². The molecule has 0 aliphatic heterocycles. The molecule has 0 aliphatic carbocycles. The Labute approximate surface area is 126 Å². The standard InChI is InChI=1S/C8H10F8O5S2/c1-5(9,6(2,10)11)8(13,14)21-7(12,3-22(15,17)18)4-23(16,19)20/h3-4H2,1-2H3. The van der Waals surface area contributed by atoms with Gasteiger partial charge in [0.25, 0.3) is 11.6 Å². The summed E-state index contributed by atoms with van der Waals surface area (Å²) in [5.41, 5.74) is -4.97. The molecule has 15 heteroatoms. The highest BCUT2D eigenvalue weighted by molar-refractivity contribution is 7.87. The smallest absolute Gasteiger partial charge is 0.278 e. The van der Waals surface area contributed by atoms with Gasteiger partial charge in [-0.05, 0) is 6.92 Å². The zero-order valence-electron chi connectivity index (χ0n) is 11.3. The van der Waals surface area contributed by atoms with E-state index in [-0.39, 0.29) is 6.92 Å². The van der Waals surface area contributed by atoms with Crippen molar-refractivity contribution in [3.63, 3.8) is 0 Å². The molecular formula is C8H10F8O5S2. The molecule has 1 atom stereocenters. The second-order valence-corrected chi connectivity index (χ2v) is 7.49. The number of ether oxygens (including phenoxy) is 1. The molecule has 0 spiro atoms. The molecule has 23 heavy (non-hydrogen) atoms. The van der Waals surface area contributed by atoms with Gasteiger partial charge >= 0.3 is 26.6 Å². The van der Waals surface area contributed by atoms with Gasteiger partial charge in [0.15, 0.2) is 0 Å². The zero-order valence-corrected chi connectivity index (χ0v) is 12.9. The van der Waals surface area contributed by atoms with Crippen LogP contribution in [0.2, 0.25) is 0 Å². The van der Waals surface area contributed by atoms with Crippen LogP contribution in [-0.2, 0) is 25.2 Å². The Balaban J connectivity index is 5.89. The Morgan fingerprint density at radius 1 is 0.783 bits per heavy atom. The highest BCUT2D eigenvalue weighted by Gasteiger charge is 2.68. The summed E-state index contributed by atoms with van der Waals surface area (Å²) in [5.74, 6) is -15.4. The normalized spacial score (nSPS) is 17.8. The SMILES string of the molecule is CC(F)(F)C(C)(F)C(F)(F)OC(F)(CS(=O)(=O)F)CS(=O)(=O)F. The maximum Gasteiger partial charge on any atom is 0.398 e. The largest absolute Gasteiger partial charge is 0.398 e. The third kappa shape index (κ3) is 6.37. The van der Waals surface area contributed by atoms with Crippen molar-refractivity contribution in [2.75, 3.05) is 11.5 Å². The van der Waals surface area contributed by atoms with Gasteiger partial charge in [0, 0.05) is 6.92 Å². The van der Waals surface area contributed by atoms with Gasteiger partial charge in [-0.1, -0.05) is 0 Å². The summed E-state index contributed by atoms with van der Waals surface area (Å²) in [6.45, 7) is -0.844. The van der Waals surface area contributed by atoms with Crippen LogP contribution in [-0.4, -0.2) is 51.9 Å². The Morgan fingerprint density at radius 2 is 1.09 bits per heavy atom. The van der Waals surface area contributed by atoms with Crippen molar-refractivity contribution in [2.24, 2.45) is 0 Å². The van der Waals surface area contributed by atoms with Gasteiger partial charge in [-0.25, -0.2) is 17.6 Å². The molecule has 0 heterocycles. The van der Waals surface area contributed by atoms with E-state index in [4.69, 9.17) is 0 Å². The van der Waals surface area contributed by atoms with E-state index < -0.39 is 62.4 Å². The number of rotatable bonds is 8. The van der Waals surface area contributed by atoms with Crippen molar-refractivity contribution < 1.29 is 55.7 Å². The Bertz CT molecular complexity index is 602. The maximum absolute atomic E-state index is 13.8. The van der Waals surface area contributed by atoms with Crippen LogP contribution in [0.15, 0.2) is 0 Å². The third-order valence-electron chi connectivity index (χ3n) is 2.46. The van der Waals surface area contributed by atoms with E-state index in [0.717, 1.165) is 0 Å². The van der Waals surface area contributed by atoms with Gasteiger partial charge in [0.2, 0.25) is 5.85 Å². The summed E-state index contributed by atoms with van der Waals surface area (Å²) in [6, 6.07) is 0. The highest BCUT2D eigenvalue weighted by Crippen LogP contribution is 2.46. The Morgan fingerprint density at radius 3 is 1.30 bits per heavy atom. The minimum Gasteiger partial charge on any atom is -0.278 e. The van der Waals surface area contributed by atoms with Crippen molar-refractivity contribution in [1.29, 1.82) is 0 Å². The molecule has 0 fully saturated rings. The lowest BCUT2D eigenvalue weighted by molar-refractivity contribution is -0.391. The zero-order chi connectivity index (χ0) is 19.1. The molecule has 0 aliphatic rings.